The van der Waals surface area contributed by atoms with Crippen molar-refractivity contribution in [1.29, 1.82) is 0 Å². The summed E-state index contributed by atoms with van der Waals surface area (Å²) in [5.41, 5.74) is 2.43. The van der Waals surface area contributed by atoms with Gasteiger partial charge in [-0.05, 0) is 36.3 Å². The summed E-state index contributed by atoms with van der Waals surface area (Å²) in [5, 5.41) is 6.41. The summed E-state index contributed by atoms with van der Waals surface area (Å²) in [6, 6.07) is 9.23. The van der Waals surface area contributed by atoms with E-state index in [1.807, 2.05) is 43.3 Å². The molecule has 1 heterocycles. The lowest BCUT2D eigenvalue weighted by molar-refractivity contribution is 0.363. The van der Waals surface area contributed by atoms with Crippen LogP contribution in [-0.2, 0) is 0 Å². The molecule has 0 aliphatic carbocycles. The highest BCUT2D eigenvalue weighted by Gasteiger charge is 1.97. The molecule has 1 N–H and O–H groups in total. The van der Waals surface area contributed by atoms with Crippen LogP contribution < -0.4 is 10.3 Å². The van der Waals surface area contributed by atoms with E-state index in [1.54, 1.807) is 6.08 Å². The number of ether oxygens (including phenoxy) is 1. The number of H-pyrrole nitrogens is 1. The highest BCUT2D eigenvalue weighted by molar-refractivity contribution is 5.69. The molecule has 4 heteroatoms. The van der Waals surface area contributed by atoms with Crippen molar-refractivity contribution in [2.45, 2.75) is 6.92 Å². The molecule has 0 atom stereocenters. The Morgan fingerprint density at radius 3 is 2.70 bits per heavy atom. The monoisotopic (exact) mass is 268 g/mol. The number of benzene rings is 1. The smallest absolute Gasteiger partial charge is 0.264 e. The standard InChI is InChI=1S/C16H16N2O2/c1-3-10-20-14-7-4-13(5-8-14)6-9-15-12(2)11-16(19)18-17-15/h3-9,11H,1,10H2,2H3,(H,18,19)/b9-6+. The molecular weight excluding hydrogens is 252 g/mol. The Morgan fingerprint density at radius 2 is 2.05 bits per heavy atom. The van der Waals surface area contributed by atoms with E-state index >= 15 is 0 Å². The molecule has 0 amide bonds. The number of aryl methyl sites for hydroxylation is 1. The number of nitrogens with one attached hydrogen (secondary N) is 1. The van der Waals surface area contributed by atoms with Gasteiger partial charge in [0.05, 0.1) is 5.69 Å². The van der Waals surface area contributed by atoms with E-state index in [0.717, 1.165) is 22.6 Å². The minimum atomic E-state index is -0.191. The molecule has 20 heavy (non-hydrogen) atoms. The lowest BCUT2D eigenvalue weighted by Gasteiger charge is -2.02. The van der Waals surface area contributed by atoms with Gasteiger partial charge < -0.3 is 4.74 Å². The molecule has 102 valence electrons. The van der Waals surface area contributed by atoms with Gasteiger partial charge in [-0.15, -0.1) is 0 Å². The van der Waals surface area contributed by atoms with Gasteiger partial charge in [0, 0.05) is 6.07 Å². The van der Waals surface area contributed by atoms with Gasteiger partial charge in [-0.25, -0.2) is 5.10 Å². The fourth-order valence-corrected chi connectivity index (χ4v) is 1.68. The fourth-order valence-electron chi connectivity index (χ4n) is 1.68. The molecule has 0 radical (unpaired) electrons. The SMILES string of the molecule is C=CCOc1ccc(/C=C/c2n[nH]c(=O)cc2C)cc1. The average molecular weight is 268 g/mol. The highest BCUT2D eigenvalue weighted by atomic mass is 16.5. The predicted octanol–water partition coefficient (Wildman–Crippen LogP) is 2.81. The minimum Gasteiger partial charge on any atom is -0.490 e. The molecule has 0 bridgehead atoms. The topological polar surface area (TPSA) is 55.0 Å². The van der Waals surface area contributed by atoms with Crippen molar-refractivity contribution in [2.75, 3.05) is 6.61 Å². The molecule has 1 aromatic heterocycles. The van der Waals surface area contributed by atoms with Gasteiger partial charge in [0.25, 0.3) is 5.56 Å². The molecule has 0 fully saturated rings. The summed E-state index contributed by atoms with van der Waals surface area (Å²) in [6.45, 7) is 5.95. The van der Waals surface area contributed by atoms with E-state index in [1.165, 1.54) is 6.07 Å². The lowest BCUT2D eigenvalue weighted by Crippen LogP contribution is -2.08. The number of aromatic amines is 1. The van der Waals surface area contributed by atoms with Gasteiger partial charge in [0.15, 0.2) is 0 Å². The van der Waals surface area contributed by atoms with Crippen molar-refractivity contribution in [2.24, 2.45) is 0 Å². The molecule has 2 aromatic rings. The van der Waals surface area contributed by atoms with Crippen LogP contribution in [0.4, 0.5) is 0 Å². The second-order valence-corrected chi connectivity index (χ2v) is 4.30. The van der Waals surface area contributed by atoms with Crippen molar-refractivity contribution in [1.82, 2.24) is 10.2 Å². The summed E-state index contributed by atoms with van der Waals surface area (Å²) in [5.74, 6) is 0.806. The van der Waals surface area contributed by atoms with Crippen molar-refractivity contribution in [3.05, 3.63) is 70.2 Å². The molecule has 1 aromatic carbocycles. The zero-order valence-electron chi connectivity index (χ0n) is 11.3. The maximum Gasteiger partial charge on any atom is 0.264 e. The third-order valence-electron chi connectivity index (χ3n) is 2.72. The first-order valence-electron chi connectivity index (χ1n) is 6.27. The maximum absolute atomic E-state index is 11.1. The summed E-state index contributed by atoms with van der Waals surface area (Å²) in [4.78, 5) is 11.1. The Morgan fingerprint density at radius 1 is 1.30 bits per heavy atom. The van der Waals surface area contributed by atoms with Gasteiger partial charge in [-0.1, -0.05) is 30.9 Å². The number of aromatic nitrogens is 2. The van der Waals surface area contributed by atoms with Crippen molar-refractivity contribution in [3.8, 4) is 5.75 Å². The van der Waals surface area contributed by atoms with Crippen LogP contribution in [0.5, 0.6) is 5.75 Å². The largest absolute Gasteiger partial charge is 0.490 e. The molecular formula is C16H16N2O2. The van der Waals surface area contributed by atoms with Crippen molar-refractivity contribution in [3.63, 3.8) is 0 Å². The Hall–Kier alpha value is -2.62. The Balaban J connectivity index is 2.11. The van der Waals surface area contributed by atoms with Crippen LogP contribution >= 0.6 is 0 Å². The van der Waals surface area contributed by atoms with Crippen LogP contribution in [0.15, 0.2) is 47.8 Å². The van der Waals surface area contributed by atoms with E-state index in [0.29, 0.717) is 6.61 Å². The van der Waals surface area contributed by atoms with E-state index < -0.39 is 0 Å². The lowest BCUT2D eigenvalue weighted by atomic mass is 10.1. The van der Waals surface area contributed by atoms with Gasteiger partial charge in [-0.3, -0.25) is 4.79 Å². The molecule has 0 unspecified atom stereocenters. The summed E-state index contributed by atoms with van der Waals surface area (Å²) in [6.07, 6.45) is 5.51. The molecule has 0 aliphatic heterocycles. The third-order valence-corrected chi connectivity index (χ3v) is 2.72. The fraction of sp³-hybridized carbons (Fsp3) is 0.125. The average Bonchev–Trinajstić information content (AvgIpc) is 2.45. The second-order valence-electron chi connectivity index (χ2n) is 4.30. The number of nitrogens with zero attached hydrogens (tertiary/aromatic N) is 1. The zero-order valence-corrected chi connectivity index (χ0v) is 11.3. The van der Waals surface area contributed by atoms with Crippen LogP contribution in [-0.4, -0.2) is 16.8 Å². The van der Waals surface area contributed by atoms with E-state index in [4.69, 9.17) is 4.74 Å². The second kappa shape index (κ2) is 6.52. The molecule has 0 saturated heterocycles. The minimum absolute atomic E-state index is 0.191. The van der Waals surface area contributed by atoms with Gasteiger partial charge in [0.2, 0.25) is 0 Å². The quantitative estimate of drug-likeness (QED) is 0.848. The molecule has 0 saturated carbocycles. The van der Waals surface area contributed by atoms with Crippen LogP contribution in [0.3, 0.4) is 0 Å². The van der Waals surface area contributed by atoms with Crippen LogP contribution in [0.25, 0.3) is 12.2 Å². The first-order valence-corrected chi connectivity index (χ1v) is 6.27. The van der Waals surface area contributed by atoms with Gasteiger partial charge >= 0.3 is 0 Å². The maximum atomic E-state index is 11.1. The predicted molar refractivity (Wildman–Crippen MR) is 80.7 cm³/mol. The van der Waals surface area contributed by atoms with Crippen molar-refractivity contribution < 1.29 is 4.74 Å². The first-order chi connectivity index (χ1) is 9.69. The Kier molecular flexibility index (Phi) is 4.50. The van der Waals surface area contributed by atoms with Crippen LogP contribution in [0.1, 0.15) is 16.8 Å². The zero-order chi connectivity index (χ0) is 14.4. The molecule has 4 nitrogen and oxygen atoms in total. The van der Waals surface area contributed by atoms with E-state index in [9.17, 15) is 4.79 Å². The normalized spacial score (nSPS) is 10.7. The third kappa shape index (κ3) is 3.68. The first kappa shape index (κ1) is 13.8. The summed E-state index contributed by atoms with van der Waals surface area (Å²) < 4.78 is 5.41. The van der Waals surface area contributed by atoms with E-state index in [2.05, 4.69) is 16.8 Å². The Bertz CT molecular complexity index is 670. The van der Waals surface area contributed by atoms with Gasteiger partial charge in [0.1, 0.15) is 12.4 Å². The highest BCUT2D eigenvalue weighted by Crippen LogP contribution is 2.14. The van der Waals surface area contributed by atoms with Gasteiger partial charge in [-0.2, -0.15) is 5.10 Å². The summed E-state index contributed by atoms with van der Waals surface area (Å²) >= 11 is 0. The number of hydrogen-bond acceptors (Lipinski definition) is 3. The molecule has 0 spiro atoms. The number of rotatable bonds is 5. The van der Waals surface area contributed by atoms with E-state index in [-0.39, 0.29) is 5.56 Å². The van der Waals surface area contributed by atoms with Crippen LogP contribution in [0.2, 0.25) is 0 Å². The molecule has 2 rings (SSSR count). The molecule has 0 aliphatic rings. The van der Waals surface area contributed by atoms with Crippen LogP contribution in [0, 0.1) is 6.92 Å². The number of hydrogen-bond donors (Lipinski definition) is 1. The summed E-state index contributed by atoms with van der Waals surface area (Å²) in [7, 11) is 0. The Labute approximate surface area is 117 Å². The van der Waals surface area contributed by atoms with Crippen molar-refractivity contribution >= 4 is 12.2 Å².